The first kappa shape index (κ1) is 11.6. The SMILES string of the molecule is C=C(C)C(CCN1C(=O)C=CC1=O)OO. The first-order chi connectivity index (χ1) is 7.06. The van der Waals surface area contributed by atoms with Crippen molar-refractivity contribution in [3.05, 3.63) is 24.3 Å². The molecule has 5 nitrogen and oxygen atoms in total. The van der Waals surface area contributed by atoms with Crippen molar-refractivity contribution in [2.24, 2.45) is 0 Å². The third kappa shape index (κ3) is 2.74. The van der Waals surface area contributed by atoms with Gasteiger partial charge in [-0.3, -0.25) is 19.7 Å². The Morgan fingerprint density at radius 3 is 2.47 bits per heavy atom. The molecular weight excluding hydrogens is 198 g/mol. The Bertz CT molecular complexity index is 303. The van der Waals surface area contributed by atoms with E-state index in [-0.39, 0.29) is 18.4 Å². The van der Waals surface area contributed by atoms with E-state index in [2.05, 4.69) is 11.5 Å². The minimum atomic E-state index is -0.550. The summed E-state index contributed by atoms with van der Waals surface area (Å²) in [5.74, 6) is -0.670. The highest BCUT2D eigenvalue weighted by molar-refractivity contribution is 6.12. The van der Waals surface area contributed by atoms with Crippen LogP contribution in [0.5, 0.6) is 0 Å². The molecule has 0 aromatic rings. The van der Waals surface area contributed by atoms with Crippen LogP contribution >= 0.6 is 0 Å². The Labute approximate surface area is 87.6 Å². The average Bonchev–Trinajstić information content (AvgIpc) is 2.49. The van der Waals surface area contributed by atoms with Gasteiger partial charge in [0.2, 0.25) is 0 Å². The molecule has 1 rings (SSSR count). The van der Waals surface area contributed by atoms with Crippen LogP contribution in [-0.4, -0.2) is 34.6 Å². The largest absolute Gasteiger partial charge is 0.275 e. The molecule has 0 aliphatic carbocycles. The summed E-state index contributed by atoms with van der Waals surface area (Å²) < 4.78 is 0. The minimum Gasteiger partial charge on any atom is -0.275 e. The summed E-state index contributed by atoms with van der Waals surface area (Å²) >= 11 is 0. The van der Waals surface area contributed by atoms with Gasteiger partial charge in [0, 0.05) is 18.7 Å². The molecule has 1 unspecified atom stereocenters. The van der Waals surface area contributed by atoms with Crippen LogP contribution in [0.2, 0.25) is 0 Å². The molecule has 1 aliphatic heterocycles. The smallest absolute Gasteiger partial charge is 0.253 e. The Morgan fingerprint density at radius 2 is 2.07 bits per heavy atom. The zero-order chi connectivity index (χ0) is 11.4. The van der Waals surface area contributed by atoms with Crippen LogP contribution < -0.4 is 0 Å². The molecular formula is C10H13NO4. The molecule has 0 aromatic carbocycles. The maximum atomic E-state index is 11.1. The fourth-order valence-electron chi connectivity index (χ4n) is 1.29. The number of imide groups is 1. The van der Waals surface area contributed by atoms with E-state index in [1.807, 2.05) is 0 Å². The van der Waals surface area contributed by atoms with E-state index in [1.165, 1.54) is 12.2 Å². The Morgan fingerprint density at radius 1 is 1.53 bits per heavy atom. The van der Waals surface area contributed by atoms with Gasteiger partial charge in [0.25, 0.3) is 11.8 Å². The molecule has 1 atom stereocenters. The lowest BCUT2D eigenvalue weighted by molar-refractivity contribution is -0.269. The summed E-state index contributed by atoms with van der Waals surface area (Å²) in [4.78, 5) is 27.6. The maximum Gasteiger partial charge on any atom is 0.253 e. The predicted molar refractivity (Wildman–Crippen MR) is 52.8 cm³/mol. The topological polar surface area (TPSA) is 66.8 Å². The summed E-state index contributed by atoms with van der Waals surface area (Å²) in [6, 6.07) is 0. The Hall–Kier alpha value is -1.46. The summed E-state index contributed by atoms with van der Waals surface area (Å²) in [6.45, 7) is 5.53. The van der Waals surface area contributed by atoms with E-state index >= 15 is 0 Å². The van der Waals surface area contributed by atoms with Gasteiger partial charge < -0.3 is 0 Å². The molecule has 0 fully saturated rings. The molecule has 5 heteroatoms. The Balaban J connectivity index is 2.46. The highest BCUT2D eigenvalue weighted by Crippen LogP contribution is 2.11. The van der Waals surface area contributed by atoms with Crippen molar-refractivity contribution in [1.82, 2.24) is 4.90 Å². The van der Waals surface area contributed by atoms with E-state index in [0.717, 1.165) is 4.90 Å². The third-order valence-electron chi connectivity index (χ3n) is 2.19. The molecule has 1 N–H and O–H groups in total. The van der Waals surface area contributed by atoms with Gasteiger partial charge in [-0.05, 0) is 18.9 Å². The standard InChI is InChI=1S/C10H13NO4/c1-7(2)8(15-14)5-6-11-9(12)3-4-10(11)13/h3-4,8,14H,1,5-6H2,2H3. The molecule has 0 aromatic heterocycles. The number of carbonyl (C=O) groups excluding carboxylic acids is 2. The molecule has 0 saturated carbocycles. The number of nitrogens with zero attached hydrogens (tertiary/aromatic N) is 1. The molecule has 0 saturated heterocycles. The zero-order valence-corrected chi connectivity index (χ0v) is 8.47. The van der Waals surface area contributed by atoms with Gasteiger partial charge in [0.15, 0.2) is 0 Å². The highest BCUT2D eigenvalue weighted by atomic mass is 17.1. The summed E-state index contributed by atoms with van der Waals surface area (Å²) in [7, 11) is 0. The second kappa shape index (κ2) is 4.86. The van der Waals surface area contributed by atoms with E-state index in [0.29, 0.717) is 12.0 Å². The predicted octanol–water partition coefficient (Wildman–Crippen LogP) is 0.736. The van der Waals surface area contributed by atoms with Crippen LogP contribution in [0.1, 0.15) is 13.3 Å². The lowest BCUT2D eigenvalue weighted by Gasteiger charge is -2.17. The number of hydrogen-bond donors (Lipinski definition) is 1. The summed E-state index contributed by atoms with van der Waals surface area (Å²) in [5.41, 5.74) is 0.643. The van der Waals surface area contributed by atoms with Gasteiger partial charge in [0.1, 0.15) is 6.10 Å². The zero-order valence-electron chi connectivity index (χ0n) is 8.47. The molecule has 0 bridgehead atoms. The van der Waals surface area contributed by atoms with Crippen LogP contribution in [0.4, 0.5) is 0 Å². The van der Waals surface area contributed by atoms with Crippen molar-refractivity contribution >= 4 is 11.8 Å². The van der Waals surface area contributed by atoms with Crippen LogP contribution in [-0.2, 0) is 14.5 Å². The van der Waals surface area contributed by atoms with Crippen LogP contribution in [0.25, 0.3) is 0 Å². The fraction of sp³-hybridized carbons (Fsp3) is 0.400. The second-order valence-electron chi connectivity index (χ2n) is 3.39. The molecule has 1 aliphatic rings. The van der Waals surface area contributed by atoms with E-state index < -0.39 is 6.10 Å². The third-order valence-corrected chi connectivity index (χ3v) is 2.19. The van der Waals surface area contributed by atoms with E-state index in [1.54, 1.807) is 6.92 Å². The first-order valence-electron chi connectivity index (χ1n) is 4.55. The molecule has 0 radical (unpaired) electrons. The summed E-state index contributed by atoms with van der Waals surface area (Å²) in [6.07, 6.45) is 2.23. The maximum absolute atomic E-state index is 11.1. The van der Waals surface area contributed by atoms with Gasteiger partial charge in [-0.1, -0.05) is 6.58 Å². The van der Waals surface area contributed by atoms with Crippen molar-refractivity contribution < 1.29 is 19.7 Å². The van der Waals surface area contributed by atoms with Gasteiger partial charge in [-0.2, -0.15) is 0 Å². The van der Waals surface area contributed by atoms with Gasteiger partial charge >= 0.3 is 0 Å². The molecule has 0 spiro atoms. The van der Waals surface area contributed by atoms with Crippen LogP contribution in [0.3, 0.4) is 0 Å². The van der Waals surface area contributed by atoms with E-state index in [9.17, 15) is 9.59 Å². The van der Waals surface area contributed by atoms with Gasteiger partial charge in [0.05, 0.1) is 0 Å². The van der Waals surface area contributed by atoms with Crippen molar-refractivity contribution in [1.29, 1.82) is 0 Å². The number of carbonyl (C=O) groups is 2. The molecule has 1 heterocycles. The van der Waals surface area contributed by atoms with E-state index in [4.69, 9.17) is 5.26 Å². The van der Waals surface area contributed by atoms with Crippen molar-refractivity contribution in [2.75, 3.05) is 6.54 Å². The van der Waals surface area contributed by atoms with Crippen molar-refractivity contribution in [3.8, 4) is 0 Å². The van der Waals surface area contributed by atoms with Gasteiger partial charge in [-0.25, -0.2) is 4.89 Å². The second-order valence-corrected chi connectivity index (χ2v) is 3.39. The number of amides is 2. The monoisotopic (exact) mass is 211 g/mol. The Kier molecular flexibility index (Phi) is 3.76. The highest BCUT2D eigenvalue weighted by Gasteiger charge is 2.24. The lowest BCUT2D eigenvalue weighted by Crippen LogP contribution is -2.33. The number of rotatable bonds is 5. The normalized spacial score (nSPS) is 17.3. The number of hydrogen-bond acceptors (Lipinski definition) is 4. The van der Waals surface area contributed by atoms with Crippen molar-refractivity contribution in [2.45, 2.75) is 19.4 Å². The quantitative estimate of drug-likeness (QED) is 0.315. The fourth-order valence-corrected chi connectivity index (χ4v) is 1.29. The average molecular weight is 211 g/mol. The lowest BCUT2D eigenvalue weighted by atomic mass is 10.1. The van der Waals surface area contributed by atoms with Crippen LogP contribution in [0, 0.1) is 0 Å². The molecule has 2 amide bonds. The minimum absolute atomic E-state index is 0.211. The van der Waals surface area contributed by atoms with Gasteiger partial charge in [-0.15, -0.1) is 0 Å². The first-order valence-corrected chi connectivity index (χ1v) is 4.55. The van der Waals surface area contributed by atoms with Crippen LogP contribution in [0.15, 0.2) is 24.3 Å². The van der Waals surface area contributed by atoms with Crippen molar-refractivity contribution in [3.63, 3.8) is 0 Å². The molecule has 15 heavy (non-hydrogen) atoms. The molecule has 82 valence electrons. The summed E-state index contributed by atoms with van der Waals surface area (Å²) in [5, 5.41) is 8.54.